The van der Waals surface area contributed by atoms with E-state index in [-0.39, 0.29) is 35.6 Å². The first-order valence-corrected chi connectivity index (χ1v) is 13.6. The fraction of sp³-hybridized carbons (Fsp3) is 0.357. The Bertz CT molecular complexity index is 1390. The second kappa shape index (κ2) is 10.4. The maximum Gasteiger partial charge on any atom is 0.248 e. The normalized spacial score (nSPS) is 15.5. The topological polar surface area (TPSA) is 92.5 Å². The molecular weight excluding hydrogens is 474 g/mol. The van der Waals surface area contributed by atoms with Crippen LogP contribution in [0.15, 0.2) is 45.8 Å². The number of aryl methyl sites for hydroxylation is 5. The lowest BCUT2D eigenvalue weighted by Crippen LogP contribution is -2.41. The number of carbonyl (C=O) groups is 1. The van der Waals surface area contributed by atoms with Gasteiger partial charge in [0.1, 0.15) is 5.69 Å². The lowest BCUT2D eigenvalue weighted by Gasteiger charge is -2.30. The molecule has 190 valence electrons. The highest BCUT2D eigenvalue weighted by Gasteiger charge is 2.36. The van der Waals surface area contributed by atoms with Gasteiger partial charge in [-0.05, 0) is 81.9 Å². The number of carbonyl (C=O) groups excluding carboxylic acids is 1. The summed E-state index contributed by atoms with van der Waals surface area (Å²) < 4.78 is 34.0. The highest BCUT2D eigenvalue weighted by atomic mass is 32.2. The number of nitrogens with zero attached hydrogens (tertiary/aromatic N) is 2. The Kier molecular flexibility index (Phi) is 7.47. The van der Waals surface area contributed by atoms with Crippen molar-refractivity contribution in [2.75, 3.05) is 18.4 Å². The van der Waals surface area contributed by atoms with Crippen LogP contribution in [0.4, 0.5) is 5.69 Å². The van der Waals surface area contributed by atoms with Gasteiger partial charge >= 0.3 is 0 Å². The summed E-state index contributed by atoms with van der Waals surface area (Å²) in [5, 5.41) is 6.93. The number of hydrogen-bond donors (Lipinski definition) is 1. The van der Waals surface area contributed by atoms with E-state index < -0.39 is 10.0 Å². The first kappa shape index (κ1) is 25.9. The molecule has 1 aliphatic rings. The SMILES string of the molecule is Cc1cc(C)c(C=Cc2onc(C)c2S(=O)(=O)N2CCC(C(=O)Nc3ccccc3C)CC2)c(C)c1. The Balaban J connectivity index is 1.49. The minimum atomic E-state index is -3.83. The number of aromatic nitrogens is 1. The Morgan fingerprint density at radius 1 is 1.00 bits per heavy atom. The van der Waals surface area contributed by atoms with Crippen LogP contribution in [0.2, 0.25) is 0 Å². The molecule has 2 heterocycles. The average molecular weight is 508 g/mol. The van der Waals surface area contributed by atoms with Crippen LogP contribution in [0.3, 0.4) is 0 Å². The van der Waals surface area contributed by atoms with Crippen LogP contribution in [-0.2, 0) is 14.8 Å². The van der Waals surface area contributed by atoms with E-state index in [1.807, 2.05) is 58.0 Å². The summed E-state index contributed by atoms with van der Waals surface area (Å²) in [5.41, 5.74) is 6.52. The fourth-order valence-corrected chi connectivity index (χ4v) is 6.57. The number of benzene rings is 2. The molecule has 0 bridgehead atoms. The molecule has 1 saturated heterocycles. The van der Waals surface area contributed by atoms with Crippen molar-refractivity contribution in [3.8, 4) is 0 Å². The van der Waals surface area contributed by atoms with E-state index in [4.69, 9.17) is 4.52 Å². The third kappa shape index (κ3) is 5.29. The maximum absolute atomic E-state index is 13.6. The van der Waals surface area contributed by atoms with Crippen molar-refractivity contribution >= 4 is 33.8 Å². The van der Waals surface area contributed by atoms with Gasteiger partial charge in [0.15, 0.2) is 10.7 Å². The number of rotatable bonds is 6. The van der Waals surface area contributed by atoms with Gasteiger partial charge in [0, 0.05) is 24.7 Å². The smallest absolute Gasteiger partial charge is 0.248 e. The van der Waals surface area contributed by atoms with E-state index in [2.05, 4.69) is 22.6 Å². The summed E-state index contributed by atoms with van der Waals surface area (Å²) in [4.78, 5) is 12.9. The zero-order valence-electron chi connectivity index (χ0n) is 21.5. The summed E-state index contributed by atoms with van der Waals surface area (Å²) >= 11 is 0. The molecule has 1 aliphatic heterocycles. The number of hydrogen-bond acceptors (Lipinski definition) is 5. The Morgan fingerprint density at radius 2 is 1.64 bits per heavy atom. The number of anilines is 1. The van der Waals surface area contributed by atoms with Gasteiger partial charge < -0.3 is 9.84 Å². The molecule has 0 saturated carbocycles. The lowest BCUT2D eigenvalue weighted by atomic mass is 9.97. The first-order chi connectivity index (χ1) is 17.1. The van der Waals surface area contributed by atoms with Crippen molar-refractivity contribution in [2.45, 2.75) is 52.4 Å². The van der Waals surface area contributed by atoms with E-state index >= 15 is 0 Å². The Hall–Kier alpha value is -3.23. The molecule has 0 radical (unpaired) electrons. The molecule has 3 aromatic rings. The molecule has 0 unspecified atom stereocenters. The van der Waals surface area contributed by atoms with E-state index in [1.165, 1.54) is 9.87 Å². The van der Waals surface area contributed by atoms with Gasteiger partial charge in [-0.15, -0.1) is 0 Å². The van der Waals surface area contributed by atoms with Crippen molar-refractivity contribution in [1.29, 1.82) is 0 Å². The third-order valence-electron chi connectivity index (χ3n) is 6.80. The van der Waals surface area contributed by atoms with E-state index in [0.717, 1.165) is 27.9 Å². The molecule has 1 amide bonds. The molecule has 1 aromatic heterocycles. The Morgan fingerprint density at radius 3 is 2.28 bits per heavy atom. The highest BCUT2D eigenvalue weighted by Crippen LogP contribution is 2.30. The minimum Gasteiger partial charge on any atom is -0.355 e. The monoisotopic (exact) mass is 507 g/mol. The molecular formula is C28H33N3O4S. The molecule has 0 atom stereocenters. The molecule has 2 aromatic carbocycles. The highest BCUT2D eigenvalue weighted by molar-refractivity contribution is 7.89. The van der Waals surface area contributed by atoms with Crippen LogP contribution in [-0.4, -0.2) is 36.9 Å². The predicted molar refractivity (Wildman–Crippen MR) is 142 cm³/mol. The Labute approximate surface area is 213 Å². The van der Waals surface area contributed by atoms with Crippen LogP contribution >= 0.6 is 0 Å². The molecule has 0 aliphatic carbocycles. The summed E-state index contributed by atoms with van der Waals surface area (Å²) in [6, 6.07) is 11.8. The summed E-state index contributed by atoms with van der Waals surface area (Å²) in [5.74, 6) is -0.104. The number of amides is 1. The number of piperidine rings is 1. The molecule has 36 heavy (non-hydrogen) atoms. The first-order valence-electron chi connectivity index (χ1n) is 12.2. The van der Waals surface area contributed by atoms with Gasteiger partial charge in [-0.25, -0.2) is 8.42 Å². The van der Waals surface area contributed by atoms with E-state index in [9.17, 15) is 13.2 Å². The van der Waals surface area contributed by atoms with Crippen LogP contribution < -0.4 is 5.32 Å². The number of para-hydroxylation sites is 1. The average Bonchev–Trinajstić information content (AvgIpc) is 3.21. The van der Waals surface area contributed by atoms with Gasteiger partial charge in [0.05, 0.1) is 0 Å². The maximum atomic E-state index is 13.6. The van der Waals surface area contributed by atoms with E-state index in [0.29, 0.717) is 18.5 Å². The quantitative estimate of drug-likeness (QED) is 0.481. The molecule has 7 nitrogen and oxygen atoms in total. The standard InChI is InChI=1S/C28H33N3O4S/c1-18-16-20(3)24(21(4)17-18)10-11-26-27(22(5)30-35-26)36(33,34)31-14-12-23(13-15-31)28(32)29-25-9-7-6-8-19(25)2/h6-11,16-17,23H,12-15H2,1-5H3,(H,29,32). The molecule has 1 fully saturated rings. The third-order valence-corrected chi connectivity index (χ3v) is 8.86. The van der Waals surface area contributed by atoms with Crippen LogP contribution in [0.1, 0.15) is 52.1 Å². The van der Waals surface area contributed by atoms with Gasteiger partial charge in [-0.2, -0.15) is 4.31 Å². The second-order valence-electron chi connectivity index (χ2n) is 9.59. The van der Waals surface area contributed by atoms with Gasteiger partial charge in [0.25, 0.3) is 0 Å². The largest absolute Gasteiger partial charge is 0.355 e. The second-order valence-corrected chi connectivity index (χ2v) is 11.5. The van der Waals surface area contributed by atoms with Gasteiger partial charge in [0.2, 0.25) is 15.9 Å². The van der Waals surface area contributed by atoms with Crippen molar-refractivity contribution in [1.82, 2.24) is 9.46 Å². The van der Waals surface area contributed by atoms with Crippen molar-refractivity contribution in [2.24, 2.45) is 5.92 Å². The lowest BCUT2D eigenvalue weighted by molar-refractivity contribution is -0.120. The molecule has 0 spiro atoms. The molecule has 4 rings (SSSR count). The van der Waals surface area contributed by atoms with Crippen LogP contribution in [0.5, 0.6) is 0 Å². The molecule has 8 heteroatoms. The number of nitrogens with one attached hydrogen (secondary N) is 1. The van der Waals surface area contributed by atoms with E-state index in [1.54, 1.807) is 13.0 Å². The van der Waals surface area contributed by atoms with Crippen molar-refractivity contribution in [3.63, 3.8) is 0 Å². The number of sulfonamides is 1. The minimum absolute atomic E-state index is 0.0741. The summed E-state index contributed by atoms with van der Waals surface area (Å²) in [6.07, 6.45) is 4.47. The van der Waals surface area contributed by atoms with Gasteiger partial charge in [-0.3, -0.25) is 4.79 Å². The zero-order valence-corrected chi connectivity index (χ0v) is 22.3. The molecule has 1 N–H and O–H groups in total. The van der Waals surface area contributed by atoms with Crippen molar-refractivity contribution < 1.29 is 17.7 Å². The predicted octanol–water partition coefficient (Wildman–Crippen LogP) is 5.43. The van der Waals surface area contributed by atoms with Crippen LogP contribution in [0, 0.1) is 40.5 Å². The zero-order chi connectivity index (χ0) is 26.0. The summed E-state index contributed by atoms with van der Waals surface area (Å²) in [6.45, 7) is 10.2. The van der Waals surface area contributed by atoms with Gasteiger partial charge in [-0.1, -0.05) is 47.1 Å². The van der Waals surface area contributed by atoms with Crippen LogP contribution in [0.25, 0.3) is 12.2 Å². The fourth-order valence-electron chi connectivity index (χ4n) is 4.85. The summed E-state index contributed by atoms with van der Waals surface area (Å²) in [7, 11) is -3.83. The van der Waals surface area contributed by atoms with Crippen molar-refractivity contribution in [3.05, 3.63) is 75.7 Å².